The van der Waals surface area contributed by atoms with Gasteiger partial charge in [-0.3, -0.25) is 9.59 Å². The number of unbranched alkanes of at least 4 members (excludes halogenated alkanes) is 1. The van der Waals surface area contributed by atoms with E-state index >= 15 is 0 Å². The predicted octanol–water partition coefficient (Wildman–Crippen LogP) is 2.22. The maximum absolute atomic E-state index is 12.1. The lowest BCUT2D eigenvalue weighted by Crippen LogP contribution is -2.18. The summed E-state index contributed by atoms with van der Waals surface area (Å²) in [4.78, 5) is 22.6. The van der Waals surface area contributed by atoms with Gasteiger partial charge in [-0.15, -0.1) is 0 Å². The Morgan fingerprint density at radius 2 is 1.96 bits per heavy atom. The van der Waals surface area contributed by atoms with E-state index in [1.807, 2.05) is 12.2 Å². The fraction of sp³-hybridized carbons (Fsp3) is 0.700. The van der Waals surface area contributed by atoms with Crippen LogP contribution >= 0.6 is 0 Å². The second-order valence-corrected chi connectivity index (χ2v) is 7.15. The molecule has 1 fully saturated rings. The highest BCUT2D eigenvalue weighted by molar-refractivity contribution is 5.84. The Kier molecular flexibility index (Phi) is 10.4. The number of aliphatic hydroxyl groups excluding tert-OH is 3. The van der Waals surface area contributed by atoms with Gasteiger partial charge in [-0.05, 0) is 45.4 Å². The van der Waals surface area contributed by atoms with Crippen LogP contribution in [0.5, 0.6) is 0 Å². The molecule has 1 rings (SSSR count). The van der Waals surface area contributed by atoms with Gasteiger partial charge >= 0.3 is 5.97 Å². The molecule has 0 heterocycles. The first kappa shape index (κ1) is 22.5. The second-order valence-electron chi connectivity index (χ2n) is 7.15. The number of hydrogen-bond donors (Lipinski definition) is 4. The first-order valence-corrected chi connectivity index (χ1v) is 9.43. The molecule has 0 bridgehead atoms. The van der Waals surface area contributed by atoms with E-state index in [4.69, 9.17) is 5.11 Å². The molecule has 4 N–H and O–H groups in total. The first-order valence-electron chi connectivity index (χ1n) is 9.43. The topological polar surface area (TPSA) is 115 Å². The molecule has 26 heavy (non-hydrogen) atoms. The van der Waals surface area contributed by atoms with E-state index in [-0.39, 0.29) is 36.6 Å². The lowest BCUT2D eigenvalue weighted by molar-refractivity contribution is -0.137. The Hall–Kier alpha value is -1.50. The van der Waals surface area contributed by atoms with Crippen molar-refractivity contribution in [1.29, 1.82) is 0 Å². The van der Waals surface area contributed by atoms with Gasteiger partial charge in [0, 0.05) is 24.7 Å². The van der Waals surface area contributed by atoms with Gasteiger partial charge in [-0.2, -0.15) is 0 Å². The van der Waals surface area contributed by atoms with Crippen molar-refractivity contribution in [3.8, 4) is 0 Å². The van der Waals surface area contributed by atoms with Crippen molar-refractivity contribution in [3.05, 3.63) is 24.3 Å². The Morgan fingerprint density at radius 1 is 1.23 bits per heavy atom. The number of aliphatic carboxylic acids is 1. The van der Waals surface area contributed by atoms with Crippen molar-refractivity contribution >= 4 is 11.8 Å². The summed E-state index contributed by atoms with van der Waals surface area (Å²) < 4.78 is 0. The Labute approximate surface area is 155 Å². The van der Waals surface area contributed by atoms with Crippen molar-refractivity contribution in [2.75, 3.05) is 0 Å². The number of carboxylic acid groups (broad SMARTS) is 1. The van der Waals surface area contributed by atoms with E-state index in [1.54, 1.807) is 19.1 Å². The minimum atomic E-state index is -0.815. The minimum Gasteiger partial charge on any atom is -0.481 e. The number of carbonyl (C=O) groups excluding carboxylic acids is 1. The second kappa shape index (κ2) is 12.0. The van der Waals surface area contributed by atoms with Crippen molar-refractivity contribution in [3.63, 3.8) is 0 Å². The molecule has 0 aliphatic heterocycles. The van der Waals surface area contributed by atoms with E-state index in [0.29, 0.717) is 38.5 Å². The zero-order valence-electron chi connectivity index (χ0n) is 15.5. The molecule has 0 aromatic rings. The van der Waals surface area contributed by atoms with Crippen LogP contribution in [0.1, 0.15) is 58.3 Å². The van der Waals surface area contributed by atoms with Crippen LogP contribution in [0, 0.1) is 11.8 Å². The molecular weight excluding hydrogens is 336 g/mol. The average Bonchev–Trinajstić information content (AvgIpc) is 2.81. The van der Waals surface area contributed by atoms with Crippen LogP contribution in [0.3, 0.4) is 0 Å². The number of hydrogen-bond acceptors (Lipinski definition) is 5. The number of carboxylic acids is 1. The van der Waals surface area contributed by atoms with Crippen molar-refractivity contribution in [1.82, 2.24) is 0 Å². The summed E-state index contributed by atoms with van der Waals surface area (Å²) in [5, 5.41) is 37.9. The van der Waals surface area contributed by atoms with Crippen molar-refractivity contribution in [2.24, 2.45) is 11.8 Å². The first-order chi connectivity index (χ1) is 12.3. The van der Waals surface area contributed by atoms with Crippen molar-refractivity contribution < 1.29 is 30.0 Å². The Bertz CT molecular complexity index is 497. The van der Waals surface area contributed by atoms with Gasteiger partial charge in [-0.1, -0.05) is 24.3 Å². The van der Waals surface area contributed by atoms with Crippen LogP contribution < -0.4 is 0 Å². The summed E-state index contributed by atoms with van der Waals surface area (Å²) >= 11 is 0. The molecule has 1 saturated carbocycles. The summed E-state index contributed by atoms with van der Waals surface area (Å²) in [5.41, 5.74) is 0. The van der Waals surface area contributed by atoms with Gasteiger partial charge in [0.15, 0.2) is 0 Å². The highest BCUT2D eigenvalue weighted by Crippen LogP contribution is 2.33. The third-order valence-corrected chi connectivity index (χ3v) is 4.73. The fourth-order valence-electron chi connectivity index (χ4n) is 3.23. The van der Waals surface area contributed by atoms with Gasteiger partial charge in [0.05, 0.1) is 18.3 Å². The van der Waals surface area contributed by atoms with E-state index in [2.05, 4.69) is 0 Å². The van der Waals surface area contributed by atoms with Crippen LogP contribution in [0.25, 0.3) is 0 Å². The molecule has 1 aliphatic rings. The molecule has 0 aromatic carbocycles. The molecule has 0 spiro atoms. The largest absolute Gasteiger partial charge is 0.481 e. The molecule has 0 aromatic heterocycles. The third-order valence-electron chi connectivity index (χ3n) is 4.73. The van der Waals surface area contributed by atoms with Gasteiger partial charge in [0.2, 0.25) is 0 Å². The highest BCUT2D eigenvalue weighted by Gasteiger charge is 2.39. The summed E-state index contributed by atoms with van der Waals surface area (Å²) in [7, 11) is 0. The quantitative estimate of drug-likeness (QED) is 0.310. The summed E-state index contributed by atoms with van der Waals surface area (Å²) in [5.74, 6) is -1.41. The molecule has 1 aliphatic carbocycles. The van der Waals surface area contributed by atoms with E-state index in [0.717, 1.165) is 0 Å². The highest BCUT2D eigenvalue weighted by atomic mass is 16.4. The maximum atomic E-state index is 12.1. The van der Waals surface area contributed by atoms with E-state index < -0.39 is 18.2 Å². The summed E-state index contributed by atoms with van der Waals surface area (Å²) in [6, 6.07) is 0. The number of carbonyl (C=O) groups is 2. The zero-order chi connectivity index (χ0) is 19.5. The summed E-state index contributed by atoms with van der Waals surface area (Å²) in [6.07, 6.45) is 9.23. The lowest BCUT2D eigenvalue weighted by atomic mass is 9.90. The van der Waals surface area contributed by atoms with Crippen LogP contribution in [0.2, 0.25) is 0 Å². The number of rotatable bonds is 12. The molecule has 0 amide bonds. The molecular formula is C20H32O6. The van der Waals surface area contributed by atoms with E-state index in [1.165, 1.54) is 0 Å². The number of allylic oxidation sites excluding steroid dienone is 2. The number of Topliss-reactive ketones (excluding diaryl/α,β-unsaturated/α-hetero) is 1. The third kappa shape index (κ3) is 8.74. The Morgan fingerprint density at radius 3 is 2.62 bits per heavy atom. The molecule has 148 valence electrons. The SMILES string of the molecule is CC(O)CCCC(O)C=C[C@H]1C(O)CC(=O)C1CC=CCCCC(=O)O. The normalized spacial score (nSPS) is 26.0. The molecule has 5 atom stereocenters. The maximum Gasteiger partial charge on any atom is 0.303 e. The minimum absolute atomic E-state index is 0.0194. The molecule has 4 unspecified atom stereocenters. The smallest absolute Gasteiger partial charge is 0.303 e. The van der Waals surface area contributed by atoms with Crippen LogP contribution in [-0.4, -0.2) is 50.5 Å². The Balaban J connectivity index is 2.47. The number of aliphatic hydroxyl groups is 3. The zero-order valence-corrected chi connectivity index (χ0v) is 15.5. The molecule has 6 nitrogen and oxygen atoms in total. The van der Waals surface area contributed by atoms with Crippen LogP contribution in [-0.2, 0) is 9.59 Å². The van der Waals surface area contributed by atoms with Crippen molar-refractivity contribution in [2.45, 2.75) is 76.6 Å². The predicted molar refractivity (Wildman–Crippen MR) is 98.5 cm³/mol. The van der Waals surface area contributed by atoms with Crippen LogP contribution in [0.4, 0.5) is 0 Å². The van der Waals surface area contributed by atoms with Gasteiger partial charge < -0.3 is 20.4 Å². The monoisotopic (exact) mass is 368 g/mol. The van der Waals surface area contributed by atoms with Gasteiger partial charge in [-0.25, -0.2) is 0 Å². The van der Waals surface area contributed by atoms with Crippen LogP contribution in [0.15, 0.2) is 24.3 Å². The fourth-order valence-corrected chi connectivity index (χ4v) is 3.23. The molecule has 0 radical (unpaired) electrons. The number of ketones is 1. The van der Waals surface area contributed by atoms with E-state index in [9.17, 15) is 24.9 Å². The van der Waals surface area contributed by atoms with Gasteiger partial charge in [0.1, 0.15) is 5.78 Å². The summed E-state index contributed by atoms with van der Waals surface area (Å²) in [6.45, 7) is 1.71. The van der Waals surface area contributed by atoms with Gasteiger partial charge in [0.25, 0.3) is 0 Å². The molecule has 6 heteroatoms. The molecule has 0 saturated heterocycles. The average molecular weight is 368 g/mol. The lowest BCUT2D eigenvalue weighted by Gasteiger charge is -2.16. The standard InChI is InChI=1S/C20H32O6/c1-14(21)7-6-8-15(22)11-12-17-16(18(23)13-19(17)24)9-4-2-3-5-10-20(25)26/h2,4,11-12,14-17,19,21-22,24H,3,5-10,13H2,1H3,(H,25,26)/t14?,15?,16?,17-,19?/m1/s1.